The molecule has 0 aliphatic rings. The maximum absolute atomic E-state index is 12.3. The third-order valence-electron chi connectivity index (χ3n) is 5.18. The molecule has 1 atom stereocenters. The third-order valence-corrected chi connectivity index (χ3v) is 5.18. The van der Waals surface area contributed by atoms with E-state index >= 15 is 0 Å². The Morgan fingerprint density at radius 1 is 0.741 bits per heavy atom. The van der Waals surface area contributed by atoms with Crippen LogP contribution >= 0.6 is 0 Å². The minimum Gasteiger partial charge on any atom is -0.341 e. The third kappa shape index (κ3) is 3.95. The van der Waals surface area contributed by atoms with E-state index in [-0.39, 0.29) is 5.43 Å². The minimum atomic E-state index is 0.126. The summed E-state index contributed by atoms with van der Waals surface area (Å²) in [5.41, 5.74) is 3.60. The number of hydrogen-bond acceptors (Lipinski definition) is 1. The quantitative estimate of drug-likeness (QED) is 0.390. The van der Waals surface area contributed by atoms with Gasteiger partial charge in [-0.1, -0.05) is 68.4 Å². The molecule has 0 saturated carbocycles. The van der Waals surface area contributed by atoms with Crippen molar-refractivity contribution in [2.24, 2.45) is 0 Å². The van der Waals surface area contributed by atoms with Crippen LogP contribution in [0.15, 0.2) is 83.7 Å². The highest BCUT2D eigenvalue weighted by Gasteiger charge is 2.08. The highest BCUT2D eigenvalue weighted by atomic mass is 16.1. The van der Waals surface area contributed by atoms with Crippen LogP contribution < -0.4 is 5.43 Å². The van der Waals surface area contributed by atoms with E-state index in [2.05, 4.69) is 55.7 Å². The maximum atomic E-state index is 12.3. The highest BCUT2D eigenvalue weighted by molar-refractivity contribution is 5.93. The van der Waals surface area contributed by atoms with E-state index in [1.165, 1.54) is 12.0 Å². The Morgan fingerprint density at radius 3 is 1.70 bits per heavy atom. The monoisotopic (exact) mass is 357 g/mol. The maximum Gasteiger partial charge on any atom is 0.197 e. The van der Waals surface area contributed by atoms with E-state index in [1.807, 2.05) is 48.5 Å². The summed E-state index contributed by atoms with van der Waals surface area (Å²) < 4.78 is 2.19. The van der Waals surface area contributed by atoms with Crippen molar-refractivity contribution in [3.05, 3.63) is 94.6 Å². The van der Waals surface area contributed by atoms with Crippen molar-refractivity contribution in [3.63, 3.8) is 0 Å². The predicted molar refractivity (Wildman–Crippen MR) is 117 cm³/mol. The van der Waals surface area contributed by atoms with Gasteiger partial charge in [0, 0.05) is 17.3 Å². The molecule has 27 heavy (non-hydrogen) atoms. The van der Waals surface area contributed by atoms with Crippen molar-refractivity contribution in [3.8, 4) is 0 Å². The molecule has 0 saturated heterocycles. The molecule has 0 aliphatic carbocycles. The number of aryl methyl sites for hydroxylation is 1. The molecule has 0 radical (unpaired) electrons. The molecule has 2 heteroatoms. The topological polar surface area (TPSA) is 22.0 Å². The van der Waals surface area contributed by atoms with E-state index < -0.39 is 0 Å². The van der Waals surface area contributed by atoms with Crippen LogP contribution in [0, 0.1) is 0 Å². The lowest BCUT2D eigenvalue weighted by Gasteiger charge is -2.12. The molecule has 0 fully saturated rings. The number of fused-ring (bicyclic) bond motifs is 2. The summed E-state index contributed by atoms with van der Waals surface area (Å²) in [4.78, 5) is 12.3. The lowest BCUT2D eigenvalue weighted by atomic mass is 9.99. The zero-order valence-corrected chi connectivity index (χ0v) is 16.4. The zero-order valence-electron chi connectivity index (χ0n) is 16.4. The summed E-state index contributed by atoms with van der Waals surface area (Å²) in [6.45, 7) is 7.44. The minimum absolute atomic E-state index is 0.126. The van der Waals surface area contributed by atoms with Crippen LogP contribution in [0.3, 0.4) is 0 Å². The van der Waals surface area contributed by atoms with Crippen LogP contribution in [0.2, 0.25) is 0 Å². The van der Waals surface area contributed by atoms with E-state index in [0.29, 0.717) is 5.92 Å². The number of hydrogen-bond donors (Lipinski definition) is 0. The Balaban J connectivity index is 0.000000180. The van der Waals surface area contributed by atoms with Gasteiger partial charge in [0.15, 0.2) is 5.43 Å². The molecular formula is C25H27NO. The van der Waals surface area contributed by atoms with Gasteiger partial charge in [-0.3, -0.25) is 4.79 Å². The van der Waals surface area contributed by atoms with Crippen LogP contribution in [-0.4, -0.2) is 4.57 Å². The number of rotatable bonds is 3. The number of nitrogens with zero attached hydrogens (tertiary/aromatic N) is 1. The summed E-state index contributed by atoms with van der Waals surface area (Å²) in [5.74, 6) is 0.709. The van der Waals surface area contributed by atoms with Gasteiger partial charge in [-0.2, -0.15) is 0 Å². The fraction of sp³-hybridized carbons (Fsp3) is 0.240. The second kappa shape index (κ2) is 8.68. The largest absolute Gasteiger partial charge is 0.341 e. The van der Waals surface area contributed by atoms with Crippen molar-refractivity contribution < 1.29 is 0 Å². The summed E-state index contributed by atoms with van der Waals surface area (Å²) in [6.07, 6.45) is 1.23. The van der Waals surface area contributed by atoms with Gasteiger partial charge in [0.2, 0.25) is 0 Å². The van der Waals surface area contributed by atoms with Crippen molar-refractivity contribution in [2.45, 2.75) is 39.7 Å². The number of benzene rings is 3. The number of para-hydroxylation sites is 2. The first-order chi connectivity index (χ1) is 13.2. The molecule has 3 aromatic carbocycles. The second-order valence-corrected chi connectivity index (χ2v) is 6.83. The first-order valence-corrected chi connectivity index (χ1v) is 9.72. The van der Waals surface area contributed by atoms with Crippen LogP contribution in [0.1, 0.15) is 38.7 Å². The Morgan fingerprint density at radius 2 is 1.22 bits per heavy atom. The van der Waals surface area contributed by atoms with Gasteiger partial charge < -0.3 is 4.57 Å². The predicted octanol–water partition coefficient (Wildman–Crippen LogP) is 6.37. The van der Waals surface area contributed by atoms with E-state index in [4.69, 9.17) is 0 Å². The second-order valence-electron chi connectivity index (χ2n) is 6.83. The molecule has 1 heterocycles. The van der Waals surface area contributed by atoms with Gasteiger partial charge in [0.05, 0.1) is 11.0 Å². The first kappa shape index (κ1) is 18.9. The van der Waals surface area contributed by atoms with Crippen LogP contribution in [0.25, 0.3) is 21.8 Å². The van der Waals surface area contributed by atoms with Gasteiger partial charge in [-0.15, -0.1) is 0 Å². The lowest BCUT2D eigenvalue weighted by Crippen LogP contribution is -2.10. The van der Waals surface area contributed by atoms with Gasteiger partial charge >= 0.3 is 0 Å². The smallest absolute Gasteiger partial charge is 0.197 e. The van der Waals surface area contributed by atoms with Crippen LogP contribution in [0.4, 0.5) is 0 Å². The molecule has 0 aliphatic heterocycles. The molecule has 0 spiro atoms. The molecule has 4 aromatic rings. The molecule has 1 aromatic heterocycles. The van der Waals surface area contributed by atoms with Crippen molar-refractivity contribution in [2.75, 3.05) is 0 Å². The summed E-state index contributed by atoms with van der Waals surface area (Å²) in [5, 5.41) is 1.60. The van der Waals surface area contributed by atoms with Crippen LogP contribution in [0.5, 0.6) is 0 Å². The zero-order chi connectivity index (χ0) is 19.2. The first-order valence-electron chi connectivity index (χ1n) is 9.72. The molecule has 0 amide bonds. The lowest BCUT2D eigenvalue weighted by molar-refractivity contribution is 0.733. The molecular weight excluding hydrogens is 330 g/mol. The average Bonchev–Trinajstić information content (AvgIpc) is 2.75. The fourth-order valence-electron chi connectivity index (χ4n) is 3.43. The van der Waals surface area contributed by atoms with Crippen molar-refractivity contribution >= 4 is 21.8 Å². The standard InChI is InChI=1S/C15H13NO.C10H14/c1-2-16-13-9-5-3-7-11(13)15(17)12-8-4-6-10-14(12)16;1-3-9(2)10-7-5-4-6-8-10/h3-10H,2H2,1H3;4-9H,3H2,1-2H3. The van der Waals surface area contributed by atoms with Gasteiger partial charge in [-0.05, 0) is 49.1 Å². The Kier molecular flexibility index (Phi) is 6.08. The highest BCUT2D eigenvalue weighted by Crippen LogP contribution is 2.19. The Bertz CT molecular complexity index is 1020. The molecule has 1 unspecified atom stereocenters. The molecule has 138 valence electrons. The van der Waals surface area contributed by atoms with E-state index in [9.17, 15) is 4.79 Å². The molecule has 0 N–H and O–H groups in total. The Labute approximate surface area is 161 Å². The molecule has 2 nitrogen and oxygen atoms in total. The number of aromatic nitrogens is 1. The van der Waals surface area contributed by atoms with Crippen molar-refractivity contribution in [1.29, 1.82) is 0 Å². The summed E-state index contributed by atoms with van der Waals surface area (Å²) in [7, 11) is 0. The van der Waals surface area contributed by atoms with Crippen LogP contribution in [-0.2, 0) is 6.54 Å². The SMILES string of the molecule is CCC(C)c1ccccc1.CCn1c2ccccc2c(=O)c2ccccc21. The van der Waals surface area contributed by atoms with E-state index in [0.717, 1.165) is 28.4 Å². The normalized spacial score (nSPS) is 11.8. The fourth-order valence-corrected chi connectivity index (χ4v) is 3.43. The van der Waals surface area contributed by atoms with Crippen molar-refractivity contribution in [1.82, 2.24) is 4.57 Å². The summed E-state index contributed by atoms with van der Waals surface area (Å²) >= 11 is 0. The average molecular weight is 357 g/mol. The van der Waals surface area contributed by atoms with Gasteiger partial charge in [0.25, 0.3) is 0 Å². The van der Waals surface area contributed by atoms with Gasteiger partial charge in [0.1, 0.15) is 0 Å². The number of pyridine rings is 1. The Hall–Kier alpha value is -2.87. The molecule has 0 bridgehead atoms. The molecule has 4 rings (SSSR count). The summed E-state index contributed by atoms with van der Waals surface area (Å²) in [6, 6.07) is 26.2. The van der Waals surface area contributed by atoms with Gasteiger partial charge in [-0.25, -0.2) is 0 Å². The van der Waals surface area contributed by atoms with E-state index in [1.54, 1.807) is 0 Å².